The largest absolute Gasteiger partial charge is 0.374 e. The number of ether oxygens (including phenoxy) is 1. The minimum absolute atomic E-state index is 0.0265. The molecular formula is C15H17ClFN3O. The number of halogens is 2. The van der Waals surface area contributed by atoms with Crippen LogP contribution in [-0.2, 0) is 15.8 Å². The predicted molar refractivity (Wildman–Crippen MR) is 79.1 cm³/mol. The first kappa shape index (κ1) is 14.5. The van der Waals surface area contributed by atoms with Crippen molar-refractivity contribution in [3.8, 4) is 11.4 Å². The van der Waals surface area contributed by atoms with E-state index in [-0.39, 0.29) is 18.6 Å². The maximum Gasteiger partial charge on any atom is 0.185 e. The van der Waals surface area contributed by atoms with Crippen LogP contribution in [0.5, 0.6) is 0 Å². The predicted octanol–water partition coefficient (Wildman–Crippen LogP) is 3.62. The molecule has 1 aliphatic heterocycles. The topological polar surface area (TPSA) is 50.8 Å². The van der Waals surface area contributed by atoms with Crippen molar-refractivity contribution in [2.75, 3.05) is 13.2 Å². The summed E-state index contributed by atoms with van der Waals surface area (Å²) in [4.78, 5) is 4.29. The second-order valence-corrected chi connectivity index (χ2v) is 6.83. The van der Waals surface area contributed by atoms with Crippen molar-refractivity contribution in [1.29, 1.82) is 0 Å². The van der Waals surface area contributed by atoms with Crippen molar-refractivity contribution in [3.63, 3.8) is 0 Å². The van der Waals surface area contributed by atoms with E-state index >= 15 is 0 Å². The Morgan fingerprint density at radius 1 is 1.29 bits per heavy atom. The molecule has 0 unspecified atom stereocenters. The molecule has 0 radical (unpaired) electrons. The van der Waals surface area contributed by atoms with Gasteiger partial charge in [-0.2, -0.15) is 5.10 Å². The highest BCUT2D eigenvalue weighted by molar-refractivity contribution is 6.31. The SMILES string of the molecule is CC(C)(C)c1cc(-c2cc(Cl)c(C3(F)COC3)cn2)n[nH]1. The zero-order valence-corrected chi connectivity index (χ0v) is 13.0. The summed E-state index contributed by atoms with van der Waals surface area (Å²) < 4.78 is 19.2. The molecule has 0 spiro atoms. The molecule has 0 aromatic carbocycles. The van der Waals surface area contributed by atoms with E-state index in [1.807, 2.05) is 6.07 Å². The molecule has 21 heavy (non-hydrogen) atoms. The number of nitrogens with zero attached hydrogens (tertiary/aromatic N) is 2. The Labute approximate surface area is 127 Å². The molecule has 1 fully saturated rings. The molecule has 6 heteroatoms. The van der Waals surface area contributed by atoms with Gasteiger partial charge in [0.15, 0.2) is 5.67 Å². The van der Waals surface area contributed by atoms with Crippen LogP contribution in [0.15, 0.2) is 18.3 Å². The van der Waals surface area contributed by atoms with Gasteiger partial charge in [-0.05, 0) is 12.1 Å². The lowest BCUT2D eigenvalue weighted by Crippen LogP contribution is -2.42. The van der Waals surface area contributed by atoms with Crippen LogP contribution in [0.1, 0.15) is 32.0 Å². The fourth-order valence-corrected chi connectivity index (χ4v) is 2.50. The molecule has 0 saturated carbocycles. The second-order valence-electron chi connectivity index (χ2n) is 6.42. The standard InChI is InChI=1S/C15H17ClFN3O/c1-14(2,3)13-5-12(19-20-13)11-4-10(16)9(6-18-11)15(17)7-21-8-15/h4-6H,7-8H2,1-3H3,(H,19,20). The van der Waals surface area contributed by atoms with Crippen molar-refractivity contribution < 1.29 is 9.13 Å². The summed E-state index contributed by atoms with van der Waals surface area (Å²) >= 11 is 6.20. The number of H-pyrrole nitrogens is 1. The van der Waals surface area contributed by atoms with Crippen LogP contribution in [0.4, 0.5) is 4.39 Å². The van der Waals surface area contributed by atoms with Crippen LogP contribution in [-0.4, -0.2) is 28.4 Å². The van der Waals surface area contributed by atoms with Crippen LogP contribution in [0.25, 0.3) is 11.4 Å². The van der Waals surface area contributed by atoms with Gasteiger partial charge in [0.05, 0.1) is 23.9 Å². The number of aromatic nitrogens is 3. The van der Waals surface area contributed by atoms with E-state index < -0.39 is 5.67 Å². The molecule has 0 amide bonds. The summed E-state index contributed by atoms with van der Waals surface area (Å²) in [6.45, 7) is 6.35. The van der Waals surface area contributed by atoms with Gasteiger partial charge in [-0.15, -0.1) is 0 Å². The second kappa shape index (κ2) is 4.78. The molecule has 1 N–H and O–H groups in total. The molecular weight excluding hydrogens is 293 g/mol. The highest BCUT2D eigenvalue weighted by Gasteiger charge is 2.42. The number of alkyl halides is 1. The first-order valence-electron chi connectivity index (χ1n) is 6.78. The van der Waals surface area contributed by atoms with Crippen LogP contribution in [0, 0.1) is 0 Å². The molecule has 1 saturated heterocycles. The molecule has 0 bridgehead atoms. The van der Waals surface area contributed by atoms with Gasteiger partial charge in [0.2, 0.25) is 0 Å². The number of nitrogens with one attached hydrogen (secondary N) is 1. The van der Waals surface area contributed by atoms with E-state index in [9.17, 15) is 4.39 Å². The fraction of sp³-hybridized carbons (Fsp3) is 0.467. The molecule has 2 aromatic rings. The van der Waals surface area contributed by atoms with Gasteiger partial charge in [0.1, 0.15) is 5.69 Å². The molecule has 3 heterocycles. The first-order valence-corrected chi connectivity index (χ1v) is 7.16. The monoisotopic (exact) mass is 309 g/mol. The smallest absolute Gasteiger partial charge is 0.185 e. The molecule has 0 aliphatic carbocycles. The van der Waals surface area contributed by atoms with Gasteiger partial charge >= 0.3 is 0 Å². The minimum Gasteiger partial charge on any atom is -0.374 e. The Morgan fingerprint density at radius 2 is 2.00 bits per heavy atom. The Hall–Kier alpha value is -1.46. The quantitative estimate of drug-likeness (QED) is 0.922. The van der Waals surface area contributed by atoms with E-state index in [2.05, 4.69) is 36.0 Å². The third-order valence-electron chi connectivity index (χ3n) is 3.65. The van der Waals surface area contributed by atoms with E-state index in [0.29, 0.717) is 22.0 Å². The Balaban J connectivity index is 1.93. The molecule has 0 atom stereocenters. The van der Waals surface area contributed by atoms with Crippen molar-refractivity contribution in [2.24, 2.45) is 0 Å². The minimum atomic E-state index is -1.51. The van der Waals surface area contributed by atoms with E-state index in [0.717, 1.165) is 5.69 Å². The normalized spacial score (nSPS) is 17.6. The Morgan fingerprint density at radius 3 is 2.48 bits per heavy atom. The maximum absolute atomic E-state index is 14.3. The summed E-state index contributed by atoms with van der Waals surface area (Å²) in [6.07, 6.45) is 1.48. The third-order valence-corrected chi connectivity index (χ3v) is 3.96. The molecule has 4 nitrogen and oxygen atoms in total. The average molecular weight is 310 g/mol. The number of pyridine rings is 1. The lowest BCUT2D eigenvalue weighted by Gasteiger charge is -2.34. The molecule has 2 aromatic heterocycles. The van der Waals surface area contributed by atoms with E-state index in [4.69, 9.17) is 16.3 Å². The highest BCUT2D eigenvalue weighted by atomic mass is 35.5. The maximum atomic E-state index is 14.3. The highest BCUT2D eigenvalue weighted by Crippen LogP contribution is 2.38. The number of hydrogen-bond acceptors (Lipinski definition) is 3. The number of hydrogen-bond donors (Lipinski definition) is 1. The summed E-state index contributed by atoms with van der Waals surface area (Å²) in [5.41, 5.74) is 1.18. The van der Waals surface area contributed by atoms with Gasteiger partial charge in [-0.25, -0.2) is 4.39 Å². The summed E-state index contributed by atoms with van der Waals surface area (Å²) in [6, 6.07) is 3.59. The lowest BCUT2D eigenvalue weighted by molar-refractivity contribution is -0.135. The van der Waals surface area contributed by atoms with Gasteiger partial charge in [-0.1, -0.05) is 32.4 Å². The van der Waals surface area contributed by atoms with Crippen LogP contribution >= 0.6 is 11.6 Å². The molecule has 112 valence electrons. The van der Waals surface area contributed by atoms with Crippen molar-refractivity contribution in [3.05, 3.63) is 34.6 Å². The summed E-state index contributed by atoms with van der Waals surface area (Å²) in [5.74, 6) is 0. The zero-order valence-electron chi connectivity index (χ0n) is 12.2. The van der Waals surface area contributed by atoms with Crippen LogP contribution in [0.3, 0.4) is 0 Å². The Kier molecular flexibility index (Phi) is 3.30. The number of aromatic amines is 1. The lowest BCUT2D eigenvalue weighted by atomic mass is 9.92. The van der Waals surface area contributed by atoms with Crippen LogP contribution in [0.2, 0.25) is 5.02 Å². The zero-order chi connectivity index (χ0) is 15.3. The van der Waals surface area contributed by atoms with Crippen molar-refractivity contribution >= 4 is 11.6 Å². The van der Waals surface area contributed by atoms with Gasteiger partial charge in [0.25, 0.3) is 0 Å². The fourth-order valence-electron chi connectivity index (χ4n) is 2.17. The summed E-state index contributed by atoms with van der Waals surface area (Å²) in [5, 5.41) is 7.61. The van der Waals surface area contributed by atoms with Crippen molar-refractivity contribution in [1.82, 2.24) is 15.2 Å². The summed E-state index contributed by atoms with van der Waals surface area (Å²) in [7, 11) is 0. The average Bonchev–Trinajstić information content (AvgIpc) is 2.85. The van der Waals surface area contributed by atoms with Crippen molar-refractivity contribution in [2.45, 2.75) is 31.9 Å². The van der Waals surface area contributed by atoms with E-state index in [1.54, 1.807) is 6.07 Å². The van der Waals surface area contributed by atoms with Crippen LogP contribution < -0.4 is 0 Å². The van der Waals surface area contributed by atoms with Gasteiger partial charge in [-0.3, -0.25) is 10.1 Å². The molecule has 1 aliphatic rings. The number of rotatable bonds is 2. The molecule has 3 rings (SSSR count). The first-order chi connectivity index (χ1) is 9.79. The van der Waals surface area contributed by atoms with E-state index in [1.165, 1.54) is 6.20 Å². The van der Waals surface area contributed by atoms with Gasteiger partial charge < -0.3 is 4.74 Å². The van der Waals surface area contributed by atoms with Gasteiger partial charge in [0, 0.05) is 22.9 Å². The Bertz CT molecular complexity index is 674. The third kappa shape index (κ3) is 2.56.